The number of sulfonamides is 1. The quantitative estimate of drug-likeness (QED) is 0.856. The van der Waals surface area contributed by atoms with Gasteiger partial charge in [-0.3, -0.25) is 0 Å². The fourth-order valence-electron chi connectivity index (χ4n) is 2.47. The van der Waals surface area contributed by atoms with Gasteiger partial charge in [0.25, 0.3) is 0 Å². The van der Waals surface area contributed by atoms with Gasteiger partial charge in [0.2, 0.25) is 10.0 Å². The zero-order valence-corrected chi connectivity index (χ0v) is 12.2. The van der Waals surface area contributed by atoms with Crippen LogP contribution < -0.4 is 10.6 Å². The van der Waals surface area contributed by atoms with E-state index < -0.39 is 10.0 Å². The molecule has 2 N–H and O–H groups in total. The first-order valence-electron chi connectivity index (χ1n) is 7.00. The van der Waals surface area contributed by atoms with E-state index in [1.54, 1.807) is 10.5 Å². The van der Waals surface area contributed by atoms with E-state index in [2.05, 4.69) is 9.88 Å². The number of nitrogens with zero attached hydrogens (tertiary/aromatic N) is 3. The van der Waals surface area contributed by atoms with Crippen LogP contribution in [0.15, 0.2) is 18.3 Å². The molecule has 1 aromatic rings. The number of hydrogen-bond acceptors (Lipinski definition) is 5. The maximum Gasteiger partial charge on any atom is 0.217 e. The average Bonchev–Trinajstić information content (AvgIpc) is 3.33. The highest BCUT2D eigenvalue weighted by Crippen LogP contribution is 2.31. The molecular formula is C13H20N4O2S. The lowest BCUT2D eigenvalue weighted by molar-refractivity contribution is 0.383. The van der Waals surface area contributed by atoms with Crippen molar-refractivity contribution in [1.82, 2.24) is 9.29 Å². The van der Waals surface area contributed by atoms with Crippen molar-refractivity contribution in [2.24, 2.45) is 5.73 Å². The fourth-order valence-corrected chi connectivity index (χ4v) is 4.30. The second-order valence-electron chi connectivity index (χ2n) is 5.36. The summed E-state index contributed by atoms with van der Waals surface area (Å²) in [4.78, 5) is 6.51. The lowest BCUT2D eigenvalue weighted by Crippen LogP contribution is -2.49. The van der Waals surface area contributed by atoms with Crippen molar-refractivity contribution in [3.63, 3.8) is 0 Å². The lowest BCUT2D eigenvalue weighted by atomic mass is 10.2. The van der Waals surface area contributed by atoms with Crippen molar-refractivity contribution in [2.75, 3.05) is 31.1 Å². The second-order valence-corrected chi connectivity index (χ2v) is 7.57. The normalized spacial score (nSPS) is 21.1. The predicted octanol–water partition coefficient (Wildman–Crippen LogP) is 0.155. The van der Waals surface area contributed by atoms with Crippen molar-refractivity contribution >= 4 is 15.8 Å². The number of anilines is 1. The molecule has 7 heteroatoms. The van der Waals surface area contributed by atoms with Crippen LogP contribution in [-0.4, -0.2) is 49.1 Å². The third-order valence-electron chi connectivity index (χ3n) is 3.91. The molecule has 1 saturated heterocycles. The molecule has 0 bridgehead atoms. The van der Waals surface area contributed by atoms with Crippen molar-refractivity contribution < 1.29 is 8.42 Å². The molecule has 0 spiro atoms. The zero-order valence-electron chi connectivity index (χ0n) is 11.4. The van der Waals surface area contributed by atoms with E-state index in [1.165, 1.54) is 0 Å². The molecule has 0 atom stereocenters. The first-order chi connectivity index (χ1) is 9.61. The Morgan fingerprint density at radius 2 is 1.90 bits per heavy atom. The van der Waals surface area contributed by atoms with E-state index in [0.29, 0.717) is 32.7 Å². The van der Waals surface area contributed by atoms with Crippen molar-refractivity contribution in [3.05, 3.63) is 23.9 Å². The molecule has 0 amide bonds. The maximum atomic E-state index is 12.2. The molecule has 6 nitrogen and oxygen atoms in total. The Morgan fingerprint density at radius 3 is 2.40 bits per heavy atom. The second kappa shape index (κ2) is 5.31. The predicted molar refractivity (Wildman–Crippen MR) is 77.9 cm³/mol. The van der Waals surface area contributed by atoms with Gasteiger partial charge < -0.3 is 10.6 Å². The van der Waals surface area contributed by atoms with Gasteiger partial charge in [0.15, 0.2) is 0 Å². The summed E-state index contributed by atoms with van der Waals surface area (Å²) in [7, 11) is -3.04. The maximum absolute atomic E-state index is 12.2. The Kier molecular flexibility index (Phi) is 3.66. The summed E-state index contributed by atoms with van der Waals surface area (Å²) >= 11 is 0. The molecule has 1 aromatic heterocycles. The summed E-state index contributed by atoms with van der Waals surface area (Å²) in [6, 6.07) is 3.92. The van der Waals surface area contributed by atoms with Crippen LogP contribution in [0.1, 0.15) is 18.4 Å². The van der Waals surface area contributed by atoms with E-state index in [1.807, 2.05) is 12.1 Å². The van der Waals surface area contributed by atoms with E-state index in [4.69, 9.17) is 5.73 Å². The van der Waals surface area contributed by atoms with Gasteiger partial charge in [-0.05, 0) is 24.5 Å². The number of pyridine rings is 1. The first kappa shape index (κ1) is 13.8. The van der Waals surface area contributed by atoms with Crippen LogP contribution >= 0.6 is 0 Å². The minimum atomic E-state index is -3.04. The van der Waals surface area contributed by atoms with E-state index >= 15 is 0 Å². The van der Waals surface area contributed by atoms with Gasteiger partial charge in [-0.25, -0.2) is 13.4 Å². The molecular weight excluding hydrogens is 276 g/mol. The van der Waals surface area contributed by atoms with E-state index in [0.717, 1.165) is 24.2 Å². The van der Waals surface area contributed by atoms with Crippen LogP contribution in [0.2, 0.25) is 0 Å². The summed E-state index contributed by atoms with van der Waals surface area (Å²) in [5.41, 5.74) is 6.56. The highest BCUT2D eigenvalue weighted by atomic mass is 32.2. The van der Waals surface area contributed by atoms with Gasteiger partial charge >= 0.3 is 0 Å². The van der Waals surface area contributed by atoms with Crippen LogP contribution in [0.4, 0.5) is 5.82 Å². The number of nitrogens with two attached hydrogens (primary N) is 1. The van der Waals surface area contributed by atoms with Gasteiger partial charge in [-0.2, -0.15) is 4.31 Å². The smallest absolute Gasteiger partial charge is 0.217 e. The SMILES string of the molecule is NCc1ccc(N2CCN(S(=O)(=O)C3CC3)CC2)nc1. The van der Waals surface area contributed by atoms with E-state index in [9.17, 15) is 8.42 Å². The Labute approximate surface area is 119 Å². The molecule has 3 rings (SSSR count). The van der Waals surface area contributed by atoms with Crippen molar-refractivity contribution in [1.29, 1.82) is 0 Å². The van der Waals surface area contributed by atoms with Crippen LogP contribution in [0, 0.1) is 0 Å². The highest BCUT2D eigenvalue weighted by Gasteiger charge is 2.40. The third kappa shape index (κ3) is 2.65. The Hall–Kier alpha value is -1.18. The van der Waals surface area contributed by atoms with Gasteiger partial charge in [0.05, 0.1) is 5.25 Å². The standard InChI is InChI=1S/C13H20N4O2S/c14-9-11-1-4-13(15-10-11)16-5-7-17(8-6-16)20(18,19)12-2-3-12/h1,4,10,12H,2-3,5-9,14H2. The topological polar surface area (TPSA) is 79.5 Å². The van der Waals surface area contributed by atoms with E-state index in [-0.39, 0.29) is 5.25 Å². The number of piperazine rings is 1. The molecule has 2 heterocycles. The third-order valence-corrected chi connectivity index (χ3v) is 6.31. The van der Waals surface area contributed by atoms with Gasteiger partial charge in [0, 0.05) is 38.9 Å². The van der Waals surface area contributed by atoms with Crippen LogP contribution in [0.3, 0.4) is 0 Å². The van der Waals surface area contributed by atoms with Crippen molar-refractivity contribution in [3.8, 4) is 0 Å². The average molecular weight is 296 g/mol. The molecule has 110 valence electrons. The lowest BCUT2D eigenvalue weighted by Gasteiger charge is -2.34. The molecule has 0 unspecified atom stereocenters. The molecule has 1 aliphatic carbocycles. The van der Waals surface area contributed by atoms with Gasteiger partial charge in [0.1, 0.15) is 5.82 Å². The zero-order chi connectivity index (χ0) is 14.2. The van der Waals surface area contributed by atoms with Gasteiger partial charge in [-0.1, -0.05) is 6.07 Å². The molecule has 2 aliphatic rings. The Bertz CT molecular complexity index is 561. The molecule has 2 fully saturated rings. The van der Waals surface area contributed by atoms with Crippen molar-refractivity contribution in [2.45, 2.75) is 24.6 Å². The summed E-state index contributed by atoms with van der Waals surface area (Å²) in [6.07, 6.45) is 3.43. The minimum Gasteiger partial charge on any atom is -0.354 e. The molecule has 0 aromatic carbocycles. The first-order valence-corrected chi connectivity index (χ1v) is 8.50. The fraction of sp³-hybridized carbons (Fsp3) is 0.615. The number of rotatable bonds is 4. The highest BCUT2D eigenvalue weighted by molar-refractivity contribution is 7.90. The van der Waals surface area contributed by atoms with Crippen LogP contribution in [-0.2, 0) is 16.6 Å². The molecule has 0 radical (unpaired) electrons. The molecule has 1 saturated carbocycles. The monoisotopic (exact) mass is 296 g/mol. The molecule has 20 heavy (non-hydrogen) atoms. The summed E-state index contributed by atoms with van der Waals surface area (Å²) in [5, 5.41) is -0.115. The van der Waals surface area contributed by atoms with Gasteiger partial charge in [-0.15, -0.1) is 0 Å². The largest absolute Gasteiger partial charge is 0.354 e. The summed E-state index contributed by atoms with van der Waals surface area (Å²) < 4.78 is 25.9. The van der Waals surface area contributed by atoms with Crippen LogP contribution in [0.5, 0.6) is 0 Å². The van der Waals surface area contributed by atoms with Crippen LogP contribution in [0.25, 0.3) is 0 Å². The number of hydrogen-bond donors (Lipinski definition) is 1. The minimum absolute atomic E-state index is 0.115. The molecule has 1 aliphatic heterocycles. The Morgan fingerprint density at radius 1 is 1.20 bits per heavy atom. The number of aromatic nitrogens is 1. The summed E-state index contributed by atoms with van der Waals surface area (Å²) in [5.74, 6) is 0.894. The Balaban J connectivity index is 1.63. The summed E-state index contributed by atoms with van der Waals surface area (Å²) in [6.45, 7) is 2.99.